The second-order valence-electron chi connectivity index (χ2n) is 5.54. The molecular weight excluding hydrogens is 269 g/mol. The summed E-state index contributed by atoms with van der Waals surface area (Å²) in [4.78, 5) is 2.30. The van der Waals surface area contributed by atoms with Crippen LogP contribution < -0.4 is 4.90 Å². The average molecular weight is 286 g/mol. The highest BCUT2D eigenvalue weighted by Crippen LogP contribution is 2.47. The Hall–Kier alpha value is -0.540. The topological polar surface area (TPSA) is 29.0 Å². The molecule has 0 amide bonds. The van der Waals surface area contributed by atoms with Crippen LogP contribution in [0.2, 0.25) is 10.3 Å². The minimum atomic E-state index is 0.413. The third kappa shape index (κ3) is 2.30. The van der Waals surface area contributed by atoms with Crippen LogP contribution in [0.1, 0.15) is 38.5 Å². The minimum absolute atomic E-state index is 0.413. The summed E-state index contributed by atoms with van der Waals surface area (Å²) < 4.78 is 0. The van der Waals surface area contributed by atoms with Gasteiger partial charge in [-0.05, 0) is 31.1 Å². The third-order valence-corrected chi connectivity index (χ3v) is 4.98. The summed E-state index contributed by atoms with van der Waals surface area (Å²) in [5.74, 6) is 0. The largest absolute Gasteiger partial charge is 0.369 e. The fourth-order valence-corrected chi connectivity index (χ4v) is 3.77. The zero-order valence-corrected chi connectivity index (χ0v) is 11.8. The lowest BCUT2D eigenvalue weighted by Crippen LogP contribution is -2.39. The number of hydrogen-bond acceptors (Lipinski definition) is 3. The second kappa shape index (κ2) is 4.86. The van der Waals surface area contributed by atoms with E-state index < -0.39 is 0 Å². The fourth-order valence-electron chi connectivity index (χ4n) is 3.41. The number of aromatic nitrogens is 2. The van der Waals surface area contributed by atoms with E-state index in [0.717, 1.165) is 18.8 Å². The molecule has 0 bridgehead atoms. The van der Waals surface area contributed by atoms with Gasteiger partial charge in [0.25, 0.3) is 0 Å². The normalized spacial score (nSPS) is 22.7. The number of hydrogen-bond donors (Lipinski definition) is 0. The van der Waals surface area contributed by atoms with Crippen molar-refractivity contribution in [1.82, 2.24) is 10.2 Å². The first-order valence-corrected chi connectivity index (χ1v) is 7.38. The van der Waals surface area contributed by atoms with E-state index in [1.54, 1.807) is 0 Å². The second-order valence-corrected chi connectivity index (χ2v) is 6.28. The molecule has 1 saturated heterocycles. The van der Waals surface area contributed by atoms with Gasteiger partial charge in [0, 0.05) is 19.2 Å². The molecule has 0 radical (unpaired) electrons. The van der Waals surface area contributed by atoms with E-state index in [0.29, 0.717) is 15.7 Å². The van der Waals surface area contributed by atoms with Crippen molar-refractivity contribution in [3.63, 3.8) is 0 Å². The zero-order chi connectivity index (χ0) is 12.6. The molecule has 0 aromatic carbocycles. The van der Waals surface area contributed by atoms with Crippen molar-refractivity contribution in [2.45, 2.75) is 38.5 Å². The summed E-state index contributed by atoms with van der Waals surface area (Å²) in [7, 11) is 0. The molecule has 0 unspecified atom stereocenters. The number of halogens is 2. The Balaban J connectivity index is 1.74. The maximum Gasteiger partial charge on any atom is 0.175 e. The number of piperidine rings is 1. The van der Waals surface area contributed by atoms with Gasteiger partial charge in [0.2, 0.25) is 0 Å². The summed E-state index contributed by atoms with van der Waals surface area (Å²) in [5.41, 5.74) is 1.55. The maximum atomic E-state index is 6.11. The van der Waals surface area contributed by atoms with Crippen molar-refractivity contribution in [3.05, 3.63) is 16.4 Å². The van der Waals surface area contributed by atoms with Gasteiger partial charge in [-0.25, -0.2) is 0 Å². The summed E-state index contributed by atoms with van der Waals surface area (Å²) in [6, 6.07) is 1.82. The highest BCUT2D eigenvalue weighted by Gasteiger charge is 2.37. The molecule has 1 aromatic heterocycles. The summed E-state index contributed by atoms with van der Waals surface area (Å²) in [5, 5.41) is 8.52. The average Bonchev–Trinajstić information content (AvgIpc) is 2.82. The van der Waals surface area contributed by atoms with Crippen LogP contribution in [0.4, 0.5) is 5.69 Å². The molecule has 18 heavy (non-hydrogen) atoms. The van der Waals surface area contributed by atoms with E-state index in [1.807, 2.05) is 6.07 Å². The molecule has 98 valence electrons. The van der Waals surface area contributed by atoms with Gasteiger partial charge >= 0.3 is 0 Å². The van der Waals surface area contributed by atoms with E-state index in [-0.39, 0.29) is 0 Å². The van der Waals surface area contributed by atoms with Gasteiger partial charge < -0.3 is 4.90 Å². The van der Waals surface area contributed by atoms with E-state index >= 15 is 0 Å². The molecule has 2 aliphatic rings. The predicted molar refractivity (Wildman–Crippen MR) is 74.4 cm³/mol. The van der Waals surface area contributed by atoms with Crippen molar-refractivity contribution in [3.8, 4) is 0 Å². The molecule has 2 fully saturated rings. The minimum Gasteiger partial charge on any atom is -0.369 e. The fraction of sp³-hybridized carbons (Fsp3) is 0.692. The van der Waals surface area contributed by atoms with E-state index in [4.69, 9.17) is 23.2 Å². The van der Waals surface area contributed by atoms with E-state index in [1.165, 1.54) is 38.5 Å². The van der Waals surface area contributed by atoms with Crippen LogP contribution in [0, 0.1) is 5.41 Å². The third-order valence-electron chi connectivity index (χ3n) is 4.53. The number of rotatable bonds is 1. The molecule has 1 saturated carbocycles. The maximum absolute atomic E-state index is 6.11. The van der Waals surface area contributed by atoms with Crippen molar-refractivity contribution >= 4 is 28.9 Å². The summed E-state index contributed by atoms with van der Waals surface area (Å²) >= 11 is 12.0. The lowest BCUT2D eigenvalue weighted by molar-refractivity contribution is 0.226. The van der Waals surface area contributed by atoms with Crippen LogP contribution in [0.15, 0.2) is 6.07 Å². The van der Waals surface area contributed by atoms with Gasteiger partial charge in [-0.2, -0.15) is 0 Å². The van der Waals surface area contributed by atoms with Gasteiger partial charge in [0.15, 0.2) is 10.3 Å². The molecule has 1 spiro atoms. The van der Waals surface area contributed by atoms with Crippen molar-refractivity contribution in [2.24, 2.45) is 5.41 Å². The highest BCUT2D eigenvalue weighted by molar-refractivity contribution is 6.33. The first-order chi connectivity index (χ1) is 8.69. The standard InChI is InChI=1S/C13H17Cl2N3/c14-11-9-10(12(15)17-16-11)18-7-5-13(6-8-18)3-1-2-4-13/h9H,1-8H2. The molecule has 3 rings (SSSR count). The van der Waals surface area contributed by atoms with Crippen molar-refractivity contribution in [1.29, 1.82) is 0 Å². The van der Waals surface area contributed by atoms with E-state index in [9.17, 15) is 0 Å². The van der Waals surface area contributed by atoms with Gasteiger partial charge in [0.1, 0.15) is 0 Å². The molecular formula is C13H17Cl2N3. The Morgan fingerprint density at radius 2 is 1.67 bits per heavy atom. The van der Waals surface area contributed by atoms with Gasteiger partial charge in [-0.3, -0.25) is 0 Å². The zero-order valence-electron chi connectivity index (χ0n) is 10.3. The molecule has 0 N–H and O–H groups in total. The molecule has 0 atom stereocenters. The molecule has 2 heterocycles. The van der Waals surface area contributed by atoms with Crippen LogP contribution in [-0.4, -0.2) is 23.3 Å². The monoisotopic (exact) mass is 285 g/mol. The molecule has 1 aliphatic carbocycles. The van der Waals surface area contributed by atoms with Crippen molar-refractivity contribution in [2.75, 3.05) is 18.0 Å². The Bertz CT molecular complexity index is 434. The summed E-state index contributed by atoms with van der Waals surface area (Å²) in [6.45, 7) is 2.11. The Morgan fingerprint density at radius 1 is 1.00 bits per heavy atom. The Kier molecular flexibility index (Phi) is 3.37. The van der Waals surface area contributed by atoms with Crippen LogP contribution in [0.3, 0.4) is 0 Å². The van der Waals surface area contributed by atoms with Crippen LogP contribution in [-0.2, 0) is 0 Å². The lowest BCUT2D eigenvalue weighted by Gasteiger charge is -2.40. The molecule has 1 aliphatic heterocycles. The number of anilines is 1. The lowest BCUT2D eigenvalue weighted by atomic mass is 9.77. The van der Waals surface area contributed by atoms with Crippen molar-refractivity contribution < 1.29 is 0 Å². The molecule has 1 aromatic rings. The molecule has 5 heteroatoms. The van der Waals surface area contributed by atoms with Gasteiger partial charge in [0.05, 0.1) is 5.69 Å². The smallest absolute Gasteiger partial charge is 0.175 e. The quantitative estimate of drug-likeness (QED) is 0.783. The van der Waals surface area contributed by atoms with Crippen LogP contribution >= 0.6 is 23.2 Å². The first kappa shape index (κ1) is 12.5. The molecule has 3 nitrogen and oxygen atoms in total. The van der Waals surface area contributed by atoms with Crippen LogP contribution in [0.5, 0.6) is 0 Å². The highest BCUT2D eigenvalue weighted by atomic mass is 35.5. The number of nitrogens with zero attached hydrogens (tertiary/aromatic N) is 3. The predicted octanol–water partition coefficient (Wildman–Crippen LogP) is 3.94. The SMILES string of the molecule is Clc1cc(N2CCC3(CCCC3)CC2)c(Cl)nn1. The van der Waals surface area contributed by atoms with Gasteiger partial charge in [-0.1, -0.05) is 36.0 Å². The Morgan fingerprint density at radius 3 is 2.33 bits per heavy atom. The first-order valence-electron chi connectivity index (χ1n) is 6.62. The summed E-state index contributed by atoms with van der Waals surface area (Å²) in [6.07, 6.45) is 8.16. The Labute approximate surface area is 117 Å². The van der Waals surface area contributed by atoms with Gasteiger partial charge in [-0.15, -0.1) is 10.2 Å². The van der Waals surface area contributed by atoms with Crippen LogP contribution in [0.25, 0.3) is 0 Å². The van der Waals surface area contributed by atoms with E-state index in [2.05, 4.69) is 15.1 Å².